The van der Waals surface area contributed by atoms with Crippen LogP contribution in [0.25, 0.3) is 0 Å². The van der Waals surface area contributed by atoms with Gasteiger partial charge in [-0.2, -0.15) is 0 Å². The number of hydrogen-bond donors (Lipinski definition) is 0. The quantitative estimate of drug-likeness (QED) is 0.238. The summed E-state index contributed by atoms with van der Waals surface area (Å²) in [6.07, 6.45) is 0. The minimum absolute atomic E-state index is 0.365. The van der Waals surface area contributed by atoms with Gasteiger partial charge in [-0.3, -0.25) is 0 Å². The maximum atomic E-state index is 5.75. The summed E-state index contributed by atoms with van der Waals surface area (Å²) in [5.41, 5.74) is 5.10. The number of benzene rings is 4. The fourth-order valence-corrected chi connectivity index (χ4v) is 3.15. The van der Waals surface area contributed by atoms with Crippen molar-refractivity contribution in [2.24, 2.45) is 10.3 Å². The molecule has 0 saturated carbocycles. The van der Waals surface area contributed by atoms with Crippen molar-refractivity contribution >= 4 is 11.4 Å². The number of rotatable bonds is 9. The van der Waals surface area contributed by atoms with Crippen LogP contribution in [0, 0.1) is 0 Å². The fraction of sp³-hybridized carbons (Fsp3) is 0.0714. The number of oxime groups is 2. The van der Waals surface area contributed by atoms with Gasteiger partial charge >= 0.3 is 0 Å². The summed E-state index contributed by atoms with van der Waals surface area (Å²) in [7, 11) is 0. The lowest BCUT2D eigenvalue weighted by molar-refractivity contribution is 0.127. The summed E-state index contributed by atoms with van der Waals surface area (Å²) in [6, 6.07) is 39.7. The van der Waals surface area contributed by atoms with Crippen molar-refractivity contribution in [3.8, 4) is 0 Å². The zero-order chi connectivity index (χ0) is 21.8. The van der Waals surface area contributed by atoms with E-state index in [4.69, 9.17) is 9.68 Å². The fourth-order valence-electron chi connectivity index (χ4n) is 3.15. The highest BCUT2D eigenvalue weighted by Crippen LogP contribution is 2.13. The molecular formula is C28H24N2O2. The SMILES string of the molecule is c1ccc(CON=C(C(=NOCc2ccccc2)c2ccccc2)c2ccccc2)cc1. The maximum absolute atomic E-state index is 5.75. The molecule has 4 aromatic carbocycles. The van der Waals surface area contributed by atoms with Crippen LogP contribution in [-0.2, 0) is 22.9 Å². The lowest BCUT2D eigenvalue weighted by Gasteiger charge is -2.11. The molecule has 0 saturated heterocycles. The second kappa shape index (κ2) is 11.3. The summed E-state index contributed by atoms with van der Waals surface area (Å²) in [5.74, 6) is 0. The Morgan fingerprint density at radius 1 is 0.438 bits per heavy atom. The molecule has 0 bridgehead atoms. The van der Waals surface area contributed by atoms with Crippen LogP contribution in [0.3, 0.4) is 0 Å². The Bertz CT molecular complexity index is 1050. The Balaban J connectivity index is 1.65. The lowest BCUT2D eigenvalue weighted by atomic mass is 10.00. The van der Waals surface area contributed by atoms with Gasteiger partial charge in [-0.05, 0) is 11.1 Å². The van der Waals surface area contributed by atoms with E-state index < -0.39 is 0 Å². The third kappa shape index (κ3) is 5.92. The van der Waals surface area contributed by atoms with E-state index in [1.807, 2.05) is 121 Å². The van der Waals surface area contributed by atoms with Crippen LogP contribution in [0.15, 0.2) is 132 Å². The first-order valence-electron chi connectivity index (χ1n) is 10.5. The highest BCUT2D eigenvalue weighted by atomic mass is 16.6. The molecule has 4 heteroatoms. The van der Waals surface area contributed by atoms with Crippen molar-refractivity contribution in [1.29, 1.82) is 0 Å². The first-order valence-corrected chi connectivity index (χ1v) is 10.5. The smallest absolute Gasteiger partial charge is 0.142 e. The average Bonchev–Trinajstić information content (AvgIpc) is 2.87. The van der Waals surface area contributed by atoms with Gasteiger partial charge in [0.2, 0.25) is 0 Å². The van der Waals surface area contributed by atoms with E-state index in [2.05, 4.69) is 10.3 Å². The van der Waals surface area contributed by atoms with E-state index >= 15 is 0 Å². The highest BCUT2D eigenvalue weighted by Gasteiger charge is 2.16. The van der Waals surface area contributed by atoms with E-state index in [0.29, 0.717) is 24.6 Å². The van der Waals surface area contributed by atoms with Crippen LogP contribution in [0.2, 0.25) is 0 Å². The zero-order valence-corrected chi connectivity index (χ0v) is 17.7. The van der Waals surface area contributed by atoms with Gasteiger partial charge in [-0.25, -0.2) is 0 Å². The second-order valence-corrected chi connectivity index (χ2v) is 7.13. The van der Waals surface area contributed by atoms with Gasteiger partial charge in [0.25, 0.3) is 0 Å². The summed E-state index contributed by atoms with van der Waals surface area (Å²) in [6.45, 7) is 0.730. The Kier molecular flexibility index (Phi) is 7.42. The molecule has 0 aromatic heterocycles. The third-order valence-corrected chi connectivity index (χ3v) is 4.78. The third-order valence-electron chi connectivity index (χ3n) is 4.78. The van der Waals surface area contributed by atoms with Gasteiger partial charge in [0, 0.05) is 11.1 Å². The zero-order valence-electron chi connectivity index (χ0n) is 17.7. The van der Waals surface area contributed by atoms with E-state index in [-0.39, 0.29) is 0 Å². The molecule has 0 atom stereocenters. The van der Waals surface area contributed by atoms with Crippen LogP contribution in [0.4, 0.5) is 0 Å². The topological polar surface area (TPSA) is 43.2 Å². The molecule has 0 unspecified atom stereocenters. The van der Waals surface area contributed by atoms with Gasteiger partial charge in [0.05, 0.1) is 0 Å². The molecule has 0 spiro atoms. The summed E-state index contributed by atoms with van der Waals surface area (Å²) < 4.78 is 0. The minimum Gasteiger partial charge on any atom is -0.390 e. The van der Waals surface area contributed by atoms with E-state index in [9.17, 15) is 0 Å². The Hall–Kier alpha value is -4.18. The van der Waals surface area contributed by atoms with Crippen molar-refractivity contribution < 1.29 is 9.68 Å². The molecule has 4 aromatic rings. The molecule has 0 fully saturated rings. The average molecular weight is 421 g/mol. The van der Waals surface area contributed by atoms with Crippen molar-refractivity contribution in [3.05, 3.63) is 144 Å². The predicted octanol–water partition coefficient (Wildman–Crippen LogP) is 6.23. The van der Waals surface area contributed by atoms with E-state index in [1.165, 1.54) is 0 Å². The number of nitrogens with zero attached hydrogens (tertiary/aromatic N) is 2. The van der Waals surface area contributed by atoms with Crippen LogP contribution in [0.5, 0.6) is 0 Å². The monoisotopic (exact) mass is 420 g/mol. The van der Waals surface area contributed by atoms with Crippen LogP contribution in [-0.4, -0.2) is 11.4 Å². The van der Waals surface area contributed by atoms with E-state index in [1.54, 1.807) is 0 Å². The molecule has 4 nitrogen and oxygen atoms in total. The predicted molar refractivity (Wildman–Crippen MR) is 128 cm³/mol. The molecule has 0 amide bonds. The van der Waals surface area contributed by atoms with Gasteiger partial charge in [0.15, 0.2) is 0 Å². The first-order chi connectivity index (χ1) is 15.9. The van der Waals surface area contributed by atoms with Crippen LogP contribution in [0.1, 0.15) is 22.3 Å². The standard InChI is InChI=1S/C28H24N2O2/c1-5-13-23(14-6-1)21-31-29-27(25-17-9-3-10-18-25)28(26-19-11-4-12-20-26)30-32-22-24-15-7-2-8-16-24/h1-20H,21-22H2. The Labute approximate surface area is 188 Å². The Morgan fingerprint density at radius 3 is 1.09 bits per heavy atom. The van der Waals surface area contributed by atoms with Gasteiger partial charge in [-0.15, -0.1) is 0 Å². The molecular weight excluding hydrogens is 396 g/mol. The maximum Gasteiger partial charge on any atom is 0.142 e. The van der Waals surface area contributed by atoms with Crippen LogP contribution < -0.4 is 0 Å². The molecule has 0 aliphatic carbocycles. The molecule has 0 aliphatic rings. The Morgan fingerprint density at radius 2 is 0.750 bits per heavy atom. The van der Waals surface area contributed by atoms with Crippen molar-refractivity contribution in [1.82, 2.24) is 0 Å². The second-order valence-electron chi connectivity index (χ2n) is 7.13. The van der Waals surface area contributed by atoms with Crippen molar-refractivity contribution in [2.45, 2.75) is 13.2 Å². The highest BCUT2D eigenvalue weighted by molar-refractivity contribution is 6.53. The molecule has 158 valence electrons. The van der Waals surface area contributed by atoms with Gasteiger partial charge in [-0.1, -0.05) is 132 Å². The normalized spacial score (nSPS) is 11.8. The van der Waals surface area contributed by atoms with Crippen molar-refractivity contribution in [2.75, 3.05) is 0 Å². The molecule has 32 heavy (non-hydrogen) atoms. The number of hydrogen-bond acceptors (Lipinski definition) is 4. The largest absolute Gasteiger partial charge is 0.390 e. The first kappa shape index (κ1) is 21.1. The molecule has 4 rings (SSSR count). The van der Waals surface area contributed by atoms with Gasteiger partial charge in [0.1, 0.15) is 24.6 Å². The molecule has 0 radical (unpaired) electrons. The van der Waals surface area contributed by atoms with E-state index in [0.717, 1.165) is 22.3 Å². The van der Waals surface area contributed by atoms with Gasteiger partial charge < -0.3 is 9.68 Å². The summed E-state index contributed by atoms with van der Waals surface area (Å²) in [5, 5.41) is 8.99. The van der Waals surface area contributed by atoms with Crippen molar-refractivity contribution in [3.63, 3.8) is 0 Å². The summed E-state index contributed by atoms with van der Waals surface area (Å²) in [4.78, 5) is 11.5. The minimum atomic E-state index is 0.365. The van der Waals surface area contributed by atoms with Crippen LogP contribution >= 0.6 is 0 Å². The molecule has 0 heterocycles. The molecule has 0 aliphatic heterocycles. The molecule has 0 N–H and O–H groups in total. The summed E-state index contributed by atoms with van der Waals surface area (Å²) >= 11 is 0. The lowest BCUT2D eigenvalue weighted by Crippen LogP contribution is -2.18.